The van der Waals surface area contributed by atoms with Crippen LogP contribution >= 0.6 is 0 Å². The van der Waals surface area contributed by atoms with E-state index in [0.717, 1.165) is 10.7 Å². The van der Waals surface area contributed by atoms with E-state index in [2.05, 4.69) is 15.5 Å². The van der Waals surface area contributed by atoms with Crippen molar-refractivity contribution in [3.05, 3.63) is 23.3 Å². The van der Waals surface area contributed by atoms with Crippen molar-refractivity contribution in [2.45, 2.75) is 11.1 Å². The number of alkyl halides is 3. The van der Waals surface area contributed by atoms with Crippen LogP contribution in [0.25, 0.3) is 11.4 Å². The molecule has 8 nitrogen and oxygen atoms in total. The summed E-state index contributed by atoms with van der Waals surface area (Å²) in [4.78, 5) is 10.6. The molecular weight excluding hydrogens is 339 g/mol. The number of aromatic nitrogens is 4. The van der Waals surface area contributed by atoms with Gasteiger partial charge in [0.1, 0.15) is 0 Å². The second-order valence-electron chi connectivity index (χ2n) is 4.63. The molecule has 2 N–H and O–H groups in total. The monoisotopic (exact) mass is 349 g/mol. The van der Waals surface area contributed by atoms with Crippen molar-refractivity contribution in [2.75, 3.05) is 6.26 Å². The number of aryl methyl sites for hydroxylation is 1. The van der Waals surface area contributed by atoms with Gasteiger partial charge in [-0.3, -0.25) is 4.79 Å². The molecule has 0 unspecified atom stereocenters. The van der Waals surface area contributed by atoms with Crippen LogP contribution in [0.3, 0.4) is 0 Å². The smallest absolute Gasteiger partial charge is 0.366 e. The topological polar surface area (TPSA) is 121 Å². The summed E-state index contributed by atoms with van der Waals surface area (Å²) >= 11 is 0. The lowest BCUT2D eigenvalue weighted by molar-refractivity contribution is -0.137. The molecule has 1 heterocycles. The van der Waals surface area contributed by atoms with E-state index in [0.29, 0.717) is 12.3 Å². The molecule has 0 bridgehead atoms. The van der Waals surface area contributed by atoms with E-state index in [1.165, 1.54) is 7.05 Å². The van der Waals surface area contributed by atoms with Gasteiger partial charge in [-0.1, -0.05) is 0 Å². The zero-order valence-corrected chi connectivity index (χ0v) is 12.6. The fourth-order valence-electron chi connectivity index (χ4n) is 2.06. The molecule has 0 aliphatic carbocycles. The van der Waals surface area contributed by atoms with E-state index < -0.39 is 49.3 Å². The number of carbonyl (C=O) groups excluding carboxylic acids is 1. The Bertz CT molecular complexity index is 889. The number of carbonyl (C=O) groups is 1. The highest BCUT2D eigenvalue weighted by Crippen LogP contribution is 2.40. The first kappa shape index (κ1) is 16.9. The Balaban J connectivity index is 3.08. The number of tetrazole rings is 1. The SMILES string of the molecule is Cn1nnnc1-c1c(C(F)(F)F)ccc(C(N)=O)c1S(C)(=O)=O. The highest BCUT2D eigenvalue weighted by Gasteiger charge is 2.39. The normalized spacial score (nSPS) is 12.4. The summed E-state index contributed by atoms with van der Waals surface area (Å²) in [6, 6.07) is 1.29. The maximum Gasteiger partial charge on any atom is 0.417 e. The average molecular weight is 349 g/mol. The quantitative estimate of drug-likeness (QED) is 0.856. The van der Waals surface area contributed by atoms with Crippen molar-refractivity contribution in [1.29, 1.82) is 0 Å². The summed E-state index contributed by atoms with van der Waals surface area (Å²) in [7, 11) is -3.01. The predicted octanol–water partition coefficient (Wildman–Crippen LogP) is 0.398. The molecule has 1 aromatic heterocycles. The lowest BCUT2D eigenvalue weighted by atomic mass is 10.0. The van der Waals surface area contributed by atoms with Crippen LogP contribution in [0.2, 0.25) is 0 Å². The summed E-state index contributed by atoms with van der Waals surface area (Å²) in [5.74, 6) is -1.64. The van der Waals surface area contributed by atoms with Crippen LogP contribution in [-0.4, -0.2) is 40.8 Å². The lowest BCUT2D eigenvalue weighted by Gasteiger charge is -2.17. The van der Waals surface area contributed by atoms with E-state index in [1.807, 2.05) is 0 Å². The second kappa shape index (κ2) is 5.30. The number of primary amides is 1. The van der Waals surface area contributed by atoms with E-state index >= 15 is 0 Å². The molecule has 0 saturated carbocycles. The second-order valence-corrected chi connectivity index (χ2v) is 6.58. The van der Waals surface area contributed by atoms with Crippen molar-refractivity contribution in [1.82, 2.24) is 20.2 Å². The largest absolute Gasteiger partial charge is 0.417 e. The van der Waals surface area contributed by atoms with Crippen LogP contribution in [0.1, 0.15) is 15.9 Å². The van der Waals surface area contributed by atoms with Crippen molar-refractivity contribution in [3.63, 3.8) is 0 Å². The van der Waals surface area contributed by atoms with Crippen LogP contribution in [-0.2, 0) is 23.1 Å². The highest BCUT2D eigenvalue weighted by molar-refractivity contribution is 7.91. The first-order valence-corrected chi connectivity index (χ1v) is 7.80. The van der Waals surface area contributed by atoms with Gasteiger partial charge in [-0.05, 0) is 22.6 Å². The van der Waals surface area contributed by atoms with Gasteiger partial charge in [0.2, 0.25) is 5.91 Å². The van der Waals surface area contributed by atoms with E-state index in [1.54, 1.807) is 0 Å². The Labute approximate surface area is 128 Å². The van der Waals surface area contributed by atoms with Crippen LogP contribution < -0.4 is 5.73 Å². The molecule has 1 amide bonds. The maximum absolute atomic E-state index is 13.3. The van der Waals surface area contributed by atoms with Crippen LogP contribution in [0.4, 0.5) is 13.2 Å². The molecule has 2 rings (SSSR count). The van der Waals surface area contributed by atoms with Gasteiger partial charge in [0, 0.05) is 13.3 Å². The minimum absolute atomic E-state index is 0.458. The molecule has 0 spiro atoms. The molecule has 0 atom stereocenters. The number of halogens is 3. The number of hydrogen-bond acceptors (Lipinski definition) is 6. The summed E-state index contributed by atoms with van der Waals surface area (Å²) in [6.07, 6.45) is -4.22. The Kier molecular flexibility index (Phi) is 3.88. The highest BCUT2D eigenvalue weighted by atomic mass is 32.2. The minimum Gasteiger partial charge on any atom is -0.366 e. The zero-order valence-electron chi connectivity index (χ0n) is 11.8. The zero-order chi connectivity index (χ0) is 17.6. The van der Waals surface area contributed by atoms with Crippen LogP contribution in [0.5, 0.6) is 0 Å². The van der Waals surface area contributed by atoms with Crippen LogP contribution in [0, 0.1) is 0 Å². The number of nitrogens with zero attached hydrogens (tertiary/aromatic N) is 4. The third-order valence-electron chi connectivity index (χ3n) is 2.94. The number of rotatable bonds is 3. The van der Waals surface area contributed by atoms with Gasteiger partial charge in [0.15, 0.2) is 15.7 Å². The Morgan fingerprint density at radius 3 is 2.30 bits per heavy atom. The average Bonchev–Trinajstić information content (AvgIpc) is 2.80. The molecule has 12 heteroatoms. The lowest BCUT2D eigenvalue weighted by Crippen LogP contribution is -2.20. The van der Waals surface area contributed by atoms with Gasteiger partial charge in [0.05, 0.1) is 21.6 Å². The molecule has 2 aromatic rings. The van der Waals surface area contributed by atoms with Gasteiger partial charge in [0.25, 0.3) is 0 Å². The Morgan fingerprint density at radius 1 is 1.30 bits per heavy atom. The van der Waals surface area contributed by atoms with Gasteiger partial charge in [-0.15, -0.1) is 5.10 Å². The van der Waals surface area contributed by atoms with Crippen molar-refractivity contribution < 1.29 is 26.4 Å². The van der Waals surface area contributed by atoms with Crippen molar-refractivity contribution >= 4 is 15.7 Å². The summed E-state index contributed by atoms with van der Waals surface area (Å²) in [5, 5.41) is 10.0. The molecule has 0 aliphatic heterocycles. The van der Waals surface area contributed by atoms with E-state index in [-0.39, 0.29) is 0 Å². The molecule has 1 aromatic carbocycles. The number of sulfone groups is 1. The fraction of sp³-hybridized carbons (Fsp3) is 0.273. The molecule has 0 saturated heterocycles. The molecule has 0 radical (unpaired) electrons. The molecule has 23 heavy (non-hydrogen) atoms. The van der Waals surface area contributed by atoms with Crippen molar-refractivity contribution in [3.8, 4) is 11.4 Å². The predicted molar refractivity (Wildman–Crippen MR) is 70.9 cm³/mol. The van der Waals surface area contributed by atoms with Gasteiger partial charge in [-0.25, -0.2) is 13.1 Å². The molecular formula is C11H10F3N5O3S. The number of hydrogen-bond donors (Lipinski definition) is 1. The standard InChI is InChI=1S/C11H10F3N5O3S/c1-19-10(16-17-18-19)7-6(11(12,13)14)4-3-5(9(15)20)8(7)23(2,21)22/h3-4H,1-2H3,(H2,15,20). The van der Waals surface area contributed by atoms with E-state index in [9.17, 15) is 26.4 Å². The minimum atomic E-state index is -4.89. The maximum atomic E-state index is 13.3. The molecule has 124 valence electrons. The summed E-state index contributed by atoms with van der Waals surface area (Å²) in [6.45, 7) is 0. The Hall–Kier alpha value is -2.50. The molecule has 0 aliphatic rings. The molecule has 0 fully saturated rings. The van der Waals surface area contributed by atoms with E-state index in [4.69, 9.17) is 5.73 Å². The van der Waals surface area contributed by atoms with Crippen LogP contribution in [0.15, 0.2) is 17.0 Å². The summed E-state index contributed by atoms with van der Waals surface area (Å²) < 4.78 is 64.7. The fourth-order valence-corrected chi connectivity index (χ4v) is 3.20. The third-order valence-corrected chi connectivity index (χ3v) is 4.11. The van der Waals surface area contributed by atoms with Gasteiger partial charge < -0.3 is 5.73 Å². The first-order chi connectivity index (χ1) is 10.4. The van der Waals surface area contributed by atoms with Gasteiger partial charge in [-0.2, -0.15) is 13.2 Å². The number of nitrogens with two attached hydrogens (primary N) is 1. The number of amides is 1. The summed E-state index contributed by atoms with van der Waals surface area (Å²) in [5.41, 5.74) is 2.41. The third kappa shape index (κ3) is 3.02. The first-order valence-electron chi connectivity index (χ1n) is 5.91. The Morgan fingerprint density at radius 2 is 1.91 bits per heavy atom. The van der Waals surface area contributed by atoms with Gasteiger partial charge >= 0.3 is 6.18 Å². The van der Waals surface area contributed by atoms with Crippen molar-refractivity contribution in [2.24, 2.45) is 12.8 Å². The number of benzene rings is 1.